The summed E-state index contributed by atoms with van der Waals surface area (Å²) in [5.41, 5.74) is 0. The normalized spacial score (nSPS) is 48.8. The Balaban J connectivity index is 1.86. The van der Waals surface area contributed by atoms with Crippen molar-refractivity contribution in [3.8, 4) is 0 Å². The van der Waals surface area contributed by atoms with Gasteiger partial charge in [-0.1, -0.05) is 22.6 Å². The van der Waals surface area contributed by atoms with Gasteiger partial charge in [0.15, 0.2) is 17.9 Å². The third-order valence-corrected chi connectivity index (χ3v) is 4.27. The molecule has 3 aliphatic heterocycles. The maximum atomic E-state index is 5.98. The number of fused-ring (bicyclic) bond motifs is 3. The van der Waals surface area contributed by atoms with E-state index in [1.807, 2.05) is 27.7 Å². The Hall–Kier alpha value is 0.530. The molecule has 0 aromatic heterocycles. The van der Waals surface area contributed by atoms with Gasteiger partial charge in [0.1, 0.15) is 18.3 Å². The van der Waals surface area contributed by atoms with Crippen LogP contribution in [0.5, 0.6) is 0 Å². The van der Waals surface area contributed by atoms with Gasteiger partial charge in [-0.25, -0.2) is 0 Å². The fraction of sp³-hybridized carbons (Fsp3) is 1.00. The third-order valence-electron chi connectivity index (χ3n) is 3.40. The summed E-state index contributed by atoms with van der Waals surface area (Å²) in [5, 5.41) is 0. The van der Waals surface area contributed by atoms with Crippen LogP contribution in [0.15, 0.2) is 0 Å². The van der Waals surface area contributed by atoms with Crippen LogP contribution in [0.2, 0.25) is 0 Å². The van der Waals surface area contributed by atoms with E-state index in [0.717, 1.165) is 4.43 Å². The summed E-state index contributed by atoms with van der Waals surface area (Å²) in [7, 11) is 0. The molecule has 3 saturated heterocycles. The maximum Gasteiger partial charge on any atom is 0.190 e. The van der Waals surface area contributed by atoms with Gasteiger partial charge in [-0.05, 0) is 27.7 Å². The number of hydrogen-bond acceptors (Lipinski definition) is 5. The monoisotopic (exact) mass is 370 g/mol. The Morgan fingerprint density at radius 2 is 1.39 bits per heavy atom. The first-order chi connectivity index (χ1) is 8.31. The van der Waals surface area contributed by atoms with E-state index in [4.69, 9.17) is 23.7 Å². The molecule has 0 spiro atoms. The topological polar surface area (TPSA) is 46.2 Å². The minimum absolute atomic E-state index is 0.0175. The van der Waals surface area contributed by atoms with Crippen molar-refractivity contribution in [3.63, 3.8) is 0 Å². The van der Waals surface area contributed by atoms with Gasteiger partial charge in [0.25, 0.3) is 0 Å². The predicted octanol–water partition coefficient (Wildman–Crippen LogP) is 1.82. The van der Waals surface area contributed by atoms with Gasteiger partial charge in [-0.2, -0.15) is 0 Å². The summed E-state index contributed by atoms with van der Waals surface area (Å²) < 4.78 is 30.4. The quantitative estimate of drug-likeness (QED) is 0.521. The molecule has 3 fully saturated rings. The number of ether oxygens (including phenoxy) is 5. The lowest BCUT2D eigenvalue weighted by molar-refractivity contribution is -0.227. The smallest absolute Gasteiger partial charge is 0.190 e. The summed E-state index contributed by atoms with van der Waals surface area (Å²) in [5.74, 6) is -1.22. The van der Waals surface area contributed by atoms with Crippen molar-refractivity contribution in [1.82, 2.24) is 0 Å². The Labute approximate surface area is 121 Å². The van der Waals surface area contributed by atoms with Crippen molar-refractivity contribution in [1.29, 1.82) is 0 Å². The van der Waals surface area contributed by atoms with E-state index in [1.165, 1.54) is 0 Å². The second-order valence-corrected chi connectivity index (χ2v) is 6.74. The summed E-state index contributed by atoms with van der Waals surface area (Å²) >= 11 is 2.30. The van der Waals surface area contributed by atoms with Gasteiger partial charge in [-0.3, -0.25) is 0 Å². The SMILES string of the molecule is CC1(C)OC2C3OC(C)(C)O[C@H]3C(CI)O[C@@H]2O1. The minimum atomic E-state index is -0.629. The summed E-state index contributed by atoms with van der Waals surface area (Å²) in [6.07, 6.45) is -0.809. The van der Waals surface area contributed by atoms with Crippen LogP contribution in [-0.2, 0) is 23.7 Å². The van der Waals surface area contributed by atoms with Crippen LogP contribution in [0.4, 0.5) is 0 Å². The molecule has 0 N–H and O–H groups in total. The Bertz CT molecular complexity index is 345. The fourth-order valence-corrected chi connectivity index (χ4v) is 3.53. The van der Waals surface area contributed by atoms with Crippen molar-refractivity contribution >= 4 is 22.6 Å². The average molecular weight is 370 g/mol. The van der Waals surface area contributed by atoms with Crippen LogP contribution in [0.3, 0.4) is 0 Å². The molecule has 0 amide bonds. The lowest BCUT2D eigenvalue weighted by atomic mass is 10.0. The molecule has 3 heterocycles. The largest absolute Gasteiger partial charge is 0.343 e. The molecular weight excluding hydrogens is 351 g/mol. The first-order valence-electron chi connectivity index (χ1n) is 6.24. The van der Waals surface area contributed by atoms with Gasteiger partial charge in [-0.15, -0.1) is 0 Å². The van der Waals surface area contributed by atoms with E-state index in [1.54, 1.807) is 0 Å². The first-order valence-corrected chi connectivity index (χ1v) is 7.77. The highest BCUT2D eigenvalue weighted by Gasteiger charge is 2.60. The van der Waals surface area contributed by atoms with Crippen molar-refractivity contribution in [2.75, 3.05) is 4.43 Å². The molecule has 5 nitrogen and oxygen atoms in total. The molecule has 0 aromatic rings. The molecule has 3 unspecified atom stereocenters. The van der Waals surface area contributed by atoms with E-state index in [9.17, 15) is 0 Å². The third kappa shape index (κ3) is 2.20. The molecule has 0 aromatic carbocycles. The van der Waals surface area contributed by atoms with E-state index < -0.39 is 11.6 Å². The van der Waals surface area contributed by atoms with Gasteiger partial charge >= 0.3 is 0 Å². The van der Waals surface area contributed by atoms with Crippen LogP contribution >= 0.6 is 22.6 Å². The lowest BCUT2D eigenvalue weighted by Crippen LogP contribution is -2.55. The van der Waals surface area contributed by atoms with Crippen LogP contribution < -0.4 is 0 Å². The van der Waals surface area contributed by atoms with Gasteiger partial charge in [0, 0.05) is 4.43 Å². The summed E-state index contributed by atoms with van der Waals surface area (Å²) in [6, 6.07) is 0. The summed E-state index contributed by atoms with van der Waals surface area (Å²) in [6.45, 7) is 7.63. The highest BCUT2D eigenvalue weighted by Crippen LogP contribution is 2.44. The molecule has 6 heteroatoms. The Kier molecular flexibility index (Phi) is 3.20. The van der Waals surface area contributed by atoms with Crippen LogP contribution in [-0.4, -0.2) is 46.7 Å². The van der Waals surface area contributed by atoms with Gasteiger partial charge < -0.3 is 23.7 Å². The number of alkyl halides is 1. The number of rotatable bonds is 1. The zero-order valence-electron chi connectivity index (χ0n) is 11.0. The summed E-state index contributed by atoms with van der Waals surface area (Å²) in [4.78, 5) is 0. The van der Waals surface area contributed by atoms with Gasteiger partial charge in [0.2, 0.25) is 0 Å². The highest BCUT2D eigenvalue weighted by atomic mass is 127. The molecule has 3 aliphatic rings. The average Bonchev–Trinajstić information content (AvgIpc) is 2.71. The first kappa shape index (κ1) is 13.5. The van der Waals surface area contributed by atoms with Crippen molar-refractivity contribution < 1.29 is 23.7 Å². The van der Waals surface area contributed by atoms with Crippen LogP contribution in [0.1, 0.15) is 27.7 Å². The van der Waals surface area contributed by atoms with E-state index >= 15 is 0 Å². The van der Waals surface area contributed by atoms with Gasteiger partial charge in [0.05, 0.1) is 6.10 Å². The van der Waals surface area contributed by atoms with E-state index in [-0.39, 0.29) is 30.7 Å². The van der Waals surface area contributed by atoms with E-state index in [0.29, 0.717) is 0 Å². The standard InChI is InChI=1S/C12H19IO5/c1-11(2)15-7-6(5-13)14-10-9(8(7)16-11)17-12(3,4)18-10/h6-10H,5H2,1-4H3/t6?,7-,8?,9?,10+/m0/s1. The molecule has 3 rings (SSSR count). The van der Waals surface area contributed by atoms with Crippen LogP contribution in [0.25, 0.3) is 0 Å². The Morgan fingerprint density at radius 1 is 0.833 bits per heavy atom. The molecule has 0 aliphatic carbocycles. The zero-order valence-corrected chi connectivity index (χ0v) is 13.2. The molecule has 0 saturated carbocycles. The molecular formula is C12H19IO5. The fourth-order valence-electron chi connectivity index (χ4n) is 2.82. The van der Waals surface area contributed by atoms with Crippen molar-refractivity contribution in [2.24, 2.45) is 0 Å². The molecule has 0 bridgehead atoms. The van der Waals surface area contributed by atoms with E-state index in [2.05, 4.69) is 22.6 Å². The minimum Gasteiger partial charge on any atom is -0.343 e. The second kappa shape index (κ2) is 4.26. The zero-order chi connectivity index (χ0) is 13.1. The molecule has 5 atom stereocenters. The van der Waals surface area contributed by atoms with Crippen molar-refractivity contribution in [2.45, 2.75) is 70.0 Å². The van der Waals surface area contributed by atoms with Crippen molar-refractivity contribution in [3.05, 3.63) is 0 Å². The Morgan fingerprint density at radius 3 is 2.06 bits per heavy atom. The lowest BCUT2D eigenvalue weighted by Gasteiger charge is -2.36. The molecule has 0 radical (unpaired) electrons. The molecule has 18 heavy (non-hydrogen) atoms. The number of halogens is 1. The maximum absolute atomic E-state index is 5.98. The number of hydrogen-bond donors (Lipinski definition) is 0. The highest BCUT2D eigenvalue weighted by molar-refractivity contribution is 14.1. The van der Waals surface area contributed by atoms with Crippen LogP contribution in [0, 0.1) is 0 Å². The predicted molar refractivity (Wildman–Crippen MR) is 71.4 cm³/mol. The molecule has 104 valence electrons. The second-order valence-electron chi connectivity index (χ2n) is 5.86.